The van der Waals surface area contributed by atoms with E-state index < -0.39 is 0 Å². The summed E-state index contributed by atoms with van der Waals surface area (Å²) in [4.78, 5) is 13.2. The van der Waals surface area contributed by atoms with Gasteiger partial charge in [0.05, 0.1) is 11.6 Å². The minimum Gasteiger partial charge on any atom is -0.619 e. The summed E-state index contributed by atoms with van der Waals surface area (Å²) in [6.07, 6.45) is 4.65. The van der Waals surface area contributed by atoms with E-state index in [0.29, 0.717) is 10.3 Å². The molecule has 0 saturated heterocycles. The smallest absolute Gasteiger partial charge is 0.252 e. The molecule has 1 aromatic carbocycles. The zero-order valence-corrected chi connectivity index (χ0v) is 12.2. The summed E-state index contributed by atoms with van der Waals surface area (Å²) < 4.78 is 0.654. The molecule has 2 aromatic rings. The third kappa shape index (κ3) is 3.51. The zero-order valence-electron chi connectivity index (χ0n) is 11.4. The van der Waals surface area contributed by atoms with Gasteiger partial charge in [-0.25, -0.2) is 0 Å². The van der Waals surface area contributed by atoms with Gasteiger partial charge in [0.15, 0.2) is 12.4 Å². The molecular formula is C15H16N2O2S. The number of hydrogen-bond acceptors (Lipinski definition) is 3. The molecule has 0 aliphatic heterocycles. The predicted molar refractivity (Wildman–Crippen MR) is 79.5 cm³/mol. The molecule has 5 heteroatoms. The molecule has 1 heterocycles. The van der Waals surface area contributed by atoms with Crippen molar-refractivity contribution in [1.82, 2.24) is 5.32 Å². The molecule has 0 bridgehead atoms. The standard InChI is InChI=1S/C15H16N2O2S/c1-11(12-3-5-14(20-2)6-4-12)16-15(18)13-7-9-17(19)10-8-13/h3-11H,1-2H3,(H,16,18)/t11-/m0/s1. The van der Waals surface area contributed by atoms with Crippen molar-refractivity contribution in [2.45, 2.75) is 17.9 Å². The van der Waals surface area contributed by atoms with Gasteiger partial charge >= 0.3 is 0 Å². The number of benzene rings is 1. The van der Waals surface area contributed by atoms with Gasteiger partial charge in [-0.1, -0.05) is 12.1 Å². The van der Waals surface area contributed by atoms with Crippen molar-refractivity contribution >= 4 is 17.7 Å². The van der Waals surface area contributed by atoms with E-state index in [-0.39, 0.29) is 11.9 Å². The highest BCUT2D eigenvalue weighted by atomic mass is 32.2. The Morgan fingerprint density at radius 2 is 1.80 bits per heavy atom. The lowest BCUT2D eigenvalue weighted by molar-refractivity contribution is -0.605. The summed E-state index contributed by atoms with van der Waals surface area (Å²) in [5.41, 5.74) is 1.52. The lowest BCUT2D eigenvalue weighted by atomic mass is 10.1. The number of amides is 1. The highest BCUT2D eigenvalue weighted by Gasteiger charge is 2.12. The van der Waals surface area contributed by atoms with Crippen LogP contribution in [-0.2, 0) is 0 Å². The number of thioether (sulfide) groups is 1. The lowest BCUT2D eigenvalue weighted by Crippen LogP contribution is -2.29. The number of nitrogens with one attached hydrogen (secondary N) is 1. The minimum absolute atomic E-state index is 0.0852. The molecule has 20 heavy (non-hydrogen) atoms. The fourth-order valence-corrected chi connectivity index (χ4v) is 2.23. The molecule has 0 aliphatic rings. The van der Waals surface area contributed by atoms with E-state index in [1.54, 1.807) is 11.8 Å². The number of hydrogen-bond donors (Lipinski definition) is 1. The van der Waals surface area contributed by atoms with Crippen LogP contribution in [0.2, 0.25) is 0 Å². The SMILES string of the molecule is CSc1ccc([C@H](C)NC(=O)c2cc[n+]([O-])cc2)cc1. The first-order valence-electron chi connectivity index (χ1n) is 6.24. The molecule has 4 nitrogen and oxygen atoms in total. The summed E-state index contributed by atoms with van der Waals surface area (Å²) in [7, 11) is 0. The Bertz CT molecular complexity index is 582. The molecule has 0 unspecified atom stereocenters. The van der Waals surface area contributed by atoms with Crippen LogP contribution >= 0.6 is 11.8 Å². The number of carbonyl (C=O) groups excluding carboxylic acids is 1. The van der Waals surface area contributed by atoms with Crippen molar-refractivity contribution in [3.8, 4) is 0 Å². The molecule has 0 radical (unpaired) electrons. The van der Waals surface area contributed by atoms with Crippen LogP contribution in [0.3, 0.4) is 0 Å². The first-order valence-corrected chi connectivity index (χ1v) is 7.46. The maximum absolute atomic E-state index is 12.0. The Kier molecular flexibility index (Phi) is 4.63. The maximum Gasteiger partial charge on any atom is 0.252 e. The second-order valence-electron chi connectivity index (χ2n) is 4.42. The fourth-order valence-electron chi connectivity index (χ4n) is 1.82. The van der Waals surface area contributed by atoms with Crippen molar-refractivity contribution in [3.05, 3.63) is 65.1 Å². The average Bonchev–Trinajstić information content (AvgIpc) is 2.48. The van der Waals surface area contributed by atoms with Crippen molar-refractivity contribution in [2.75, 3.05) is 6.26 Å². The van der Waals surface area contributed by atoms with Gasteiger partial charge in [0, 0.05) is 17.0 Å². The van der Waals surface area contributed by atoms with Crippen molar-refractivity contribution in [2.24, 2.45) is 0 Å². The first-order chi connectivity index (χ1) is 9.60. The fraction of sp³-hybridized carbons (Fsp3) is 0.200. The van der Waals surface area contributed by atoms with E-state index in [1.165, 1.54) is 29.4 Å². The number of aromatic nitrogens is 1. The van der Waals surface area contributed by atoms with Crippen LogP contribution in [0.1, 0.15) is 28.9 Å². The number of nitrogens with zero attached hydrogens (tertiary/aromatic N) is 1. The highest BCUT2D eigenvalue weighted by Crippen LogP contribution is 2.19. The van der Waals surface area contributed by atoms with E-state index in [1.807, 2.05) is 37.4 Å². The molecule has 104 valence electrons. The Morgan fingerprint density at radius 3 is 2.35 bits per heavy atom. The molecule has 0 saturated carbocycles. The van der Waals surface area contributed by atoms with Gasteiger partial charge < -0.3 is 10.5 Å². The van der Waals surface area contributed by atoms with Crippen molar-refractivity contribution < 1.29 is 9.52 Å². The molecule has 1 amide bonds. The topological polar surface area (TPSA) is 56.0 Å². The third-order valence-corrected chi connectivity index (χ3v) is 3.77. The van der Waals surface area contributed by atoms with Crippen LogP contribution in [0.5, 0.6) is 0 Å². The quantitative estimate of drug-likeness (QED) is 0.534. The Hall–Kier alpha value is -2.01. The van der Waals surface area contributed by atoms with E-state index in [0.717, 1.165) is 5.56 Å². The summed E-state index contributed by atoms with van der Waals surface area (Å²) >= 11 is 1.68. The Balaban J connectivity index is 2.04. The largest absolute Gasteiger partial charge is 0.619 e. The molecule has 1 atom stereocenters. The molecule has 0 fully saturated rings. The Labute approximate surface area is 122 Å². The summed E-state index contributed by atoms with van der Waals surface area (Å²) in [6.45, 7) is 1.93. The predicted octanol–water partition coefficient (Wildman–Crippen LogP) is 2.53. The van der Waals surface area contributed by atoms with E-state index in [2.05, 4.69) is 5.32 Å². The monoisotopic (exact) mass is 288 g/mol. The van der Waals surface area contributed by atoms with Gasteiger partial charge in [-0.05, 0) is 30.9 Å². The molecule has 2 rings (SSSR count). The van der Waals surface area contributed by atoms with Crippen LogP contribution in [0.15, 0.2) is 53.7 Å². The Morgan fingerprint density at radius 1 is 1.20 bits per heavy atom. The van der Waals surface area contributed by atoms with E-state index >= 15 is 0 Å². The first kappa shape index (κ1) is 14.4. The van der Waals surface area contributed by atoms with Gasteiger partial charge in [0.1, 0.15) is 0 Å². The van der Waals surface area contributed by atoms with Crippen LogP contribution in [0.25, 0.3) is 0 Å². The van der Waals surface area contributed by atoms with Crippen molar-refractivity contribution in [3.63, 3.8) is 0 Å². The van der Waals surface area contributed by atoms with Gasteiger partial charge in [-0.2, -0.15) is 4.73 Å². The molecule has 0 aliphatic carbocycles. The average molecular weight is 288 g/mol. The second-order valence-corrected chi connectivity index (χ2v) is 5.29. The van der Waals surface area contributed by atoms with Gasteiger partial charge in [0.2, 0.25) is 0 Å². The third-order valence-electron chi connectivity index (χ3n) is 3.03. The van der Waals surface area contributed by atoms with Crippen LogP contribution < -0.4 is 10.0 Å². The van der Waals surface area contributed by atoms with Gasteiger partial charge in [0.25, 0.3) is 5.91 Å². The highest BCUT2D eigenvalue weighted by molar-refractivity contribution is 7.98. The summed E-state index contributed by atoms with van der Waals surface area (Å²) in [5, 5.41) is 13.8. The van der Waals surface area contributed by atoms with Crippen LogP contribution in [-0.4, -0.2) is 12.2 Å². The second kappa shape index (κ2) is 6.43. The van der Waals surface area contributed by atoms with E-state index in [9.17, 15) is 10.0 Å². The lowest BCUT2D eigenvalue weighted by Gasteiger charge is -2.14. The maximum atomic E-state index is 12.0. The molecule has 1 aromatic heterocycles. The summed E-state index contributed by atoms with van der Waals surface area (Å²) in [5.74, 6) is -0.188. The number of rotatable bonds is 4. The van der Waals surface area contributed by atoms with Crippen molar-refractivity contribution in [1.29, 1.82) is 0 Å². The van der Waals surface area contributed by atoms with Crippen LogP contribution in [0.4, 0.5) is 0 Å². The minimum atomic E-state index is -0.188. The summed E-state index contributed by atoms with van der Waals surface area (Å²) in [6, 6.07) is 11.0. The van der Waals surface area contributed by atoms with E-state index in [4.69, 9.17) is 0 Å². The molecule has 0 spiro atoms. The number of carbonyl (C=O) groups is 1. The van der Waals surface area contributed by atoms with Gasteiger partial charge in [-0.3, -0.25) is 4.79 Å². The van der Waals surface area contributed by atoms with Crippen LogP contribution in [0, 0.1) is 5.21 Å². The number of pyridine rings is 1. The zero-order chi connectivity index (χ0) is 14.5. The molecular weight excluding hydrogens is 272 g/mol. The molecule has 1 N–H and O–H groups in total. The normalized spacial score (nSPS) is 11.9. The van der Waals surface area contributed by atoms with Gasteiger partial charge in [-0.15, -0.1) is 11.8 Å².